The zero-order chi connectivity index (χ0) is 9.71. The lowest BCUT2D eigenvalue weighted by molar-refractivity contribution is 0.878. The van der Waals surface area contributed by atoms with Gasteiger partial charge < -0.3 is 0 Å². The molecule has 0 amide bonds. The number of hydrogen-bond acceptors (Lipinski definition) is 2. The van der Waals surface area contributed by atoms with E-state index in [-0.39, 0.29) is 0 Å². The van der Waals surface area contributed by atoms with Gasteiger partial charge in [0.25, 0.3) is 0 Å². The average Bonchev–Trinajstić information content (AvgIpc) is 2.87. The van der Waals surface area contributed by atoms with Crippen LogP contribution in [0.5, 0.6) is 0 Å². The zero-order valence-corrected chi connectivity index (χ0v) is 8.76. The van der Waals surface area contributed by atoms with Crippen molar-refractivity contribution in [1.82, 2.24) is 14.6 Å². The molecule has 0 saturated heterocycles. The lowest BCUT2D eigenvalue weighted by Crippen LogP contribution is -1.89. The predicted molar refractivity (Wildman–Crippen MR) is 55.0 cm³/mol. The molecule has 5 heteroatoms. The molecule has 0 atom stereocenters. The van der Waals surface area contributed by atoms with Crippen molar-refractivity contribution in [2.24, 2.45) is 0 Å². The van der Waals surface area contributed by atoms with Crippen LogP contribution in [0.4, 0.5) is 0 Å². The van der Waals surface area contributed by atoms with Gasteiger partial charge in [-0.3, -0.25) is 0 Å². The number of pyridine rings is 1. The Morgan fingerprint density at radius 3 is 2.79 bits per heavy atom. The Morgan fingerprint density at radius 1 is 1.29 bits per heavy atom. The molecule has 72 valence electrons. The maximum Gasteiger partial charge on any atom is 0.158 e. The summed E-state index contributed by atoms with van der Waals surface area (Å²) in [4.78, 5) is 4.38. The van der Waals surface area contributed by atoms with Gasteiger partial charge in [-0.15, -0.1) is 5.10 Å². The van der Waals surface area contributed by atoms with E-state index in [0.717, 1.165) is 11.5 Å². The molecule has 0 unspecified atom stereocenters. The van der Waals surface area contributed by atoms with Gasteiger partial charge in [0.2, 0.25) is 0 Å². The Hall–Kier alpha value is -0.800. The number of aromatic nitrogens is 3. The molecule has 2 aromatic rings. The van der Waals surface area contributed by atoms with Crippen LogP contribution in [-0.4, -0.2) is 14.6 Å². The summed E-state index contributed by atoms with van der Waals surface area (Å²) >= 11 is 11.8. The smallest absolute Gasteiger partial charge is 0.158 e. The van der Waals surface area contributed by atoms with E-state index < -0.39 is 0 Å². The molecule has 0 N–H and O–H groups in total. The number of fused-ring (bicyclic) bond motifs is 1. The van der Waals surface area contributed by atoms with E-state index in [9.17, 15) is 0 Å². The summed E-state index contributed by atoms with van der Waals surface area (Å²) in [6, 6.07) is 3.44. The van der Waals surface area contributed by atoms with Crippen molar-refractivity contribution >= 4 is 28.8 Å². The molecule has 2 aromatic heterocycles. The van der Waals surface area contributed by atoms with Crippen LogP contribution in [0.2, 0.25) is 10.2 Å². The summed E-state index contributed by atoms with van der Waals surface area (Å²) in [5.41, 5.74) is 0.726. The summed E-state index contributed by atoms with van der Waals surface area (Å²) in [7, 11) is 0. The van der Waals surface area contributed by atoms with Gasteiger partial charge in [0.05, 0.1) is 0 Å². The van der Waals surface area contributed by atoms with Crippen molar-refractivity contribution in [3.63, 3.8) is 0 Å². The van der Waals surface area contributed by atoms with E-state index >= 15 is 0 Å². The van der Waals surface area contributed by atoms with E-state index in [1.54, 1.807) is 16.6 Å². The van der Waals surface area contributed by atoms with Gasteiger partial charge in [0.15, 0.2) is 11.5 Å². The second-order valence-electron chi connectivity index (χ2n) is 3.51. The fourth-order valence-corrected chi connectivity index (χ4v) is 1.94. The van der Waals surface area contributed by atoms with Crippen molar-refractivity contribution in [2.45, 2.75) is 18.8 Å². The molecule has 2 heterocycles. The molecule has 0 aromatic carbocycles. The van der Waals surface area contributed by atoms with Crippen LogP contribution in [0.15, 0.2) is 12.1 Å². The first-order chi connectivity index (χ1) is 6.74. The Bertz CT molecular complexity index is 502. The number of nitrogens with zero attached hydrogens (tertiary/aromatic N) is 3. The topological polar surface area (TPSA) is 30.2 Å². The highest BCUT2D eigenvalue weighted by Gasteiger charge is 2.28. The standard InChI is InChI=1S/C9H7Cl2N3/c10-6-3-7(11)14-8(4-6)12-9(13-14)5-1-2-5/h3-5H,1-2H2. The van der Waals surface area contributed by atoms with Gasteiger partial charge in [-0.25, -0.2) is 9.50 Å². The molecule has 14 heavy (non-hydrogen) atoms. The molecule has 1 aliphatic rings. The third-order valence-corrected chi connectivity index (χ3v) is 2.80. The summed E-state index contributed by atoms with van der Waals surface area (Å²) in [6.07, 6.45) is 2.37. The van der Waals surface area contributed by atoms with Crippen molar-refractivity contribution < 1.29 is 0 Å². The van der Waals surface area contributed by atoms with Gasteiger partial charge in [-0.05, 0) is 18.9 Å². The molecule has 3 rings (SSSR count). The molecule has 3 nitrogen and oxygen atoms in total. The van der Waals surface area contributed by atoms with E-state index in [0.29, 0.717) is 16.1 Å². The third kappa shape index (κ3) is 1.28. The van der Waals surface area contributed by atoms with Crippen molar-refractivity contribution in [2.75, 3.05) is 0 Å². The highest BCUT2D eigenvalue weighted by atomic mass is 35.5. The molecule has 0 bridgehead atoms. The molecule has 1 aliphatic carbocycles. The largest absolute Gasteiger partial charge is 0.212 e. The predicted octanol–water partition coefficient (Wildman–Crippen LogP) is 2.91. The second-order valence-corrected chi connectivity index (χ2v) is 4.33. The third-order valence-electron chi connectivity index (χ3n) is 2.32. The Morgan fingerprint density at radius 2 is 2.07 bits per heavy atom. The molecule has 0 radical (unpaired) electrons. The SMILES string of the molecule is Clc1cc(Cl)n2nc(C3CC3)nc2c1. The second kappa shape index (κ2) is 2.84. The first kappa shape index (κ1) is 8.50. The molecule has 0 spiro atoms. The minimum atomic E-state index is 0.506. The number of rotatable bonds is 1. The summed E-state index contributed by atoms with van der Waals surface area (Å²) in [5, 5.41) is 5.43. The quantitative estimate of drug-likeness (QED) is 0.702. The molecular formula is C9H7Cl2N3. The van der Waals surface area contributed by atoms with Crippen LogP contribution in [0.25, 0.3) is 5.65 Å². The number of halogens is 2. The molecule has 1 fully saturated rings. The van der Waals surface area contributed by atoms with Crippen molar-refractivity contribution in [1.29, 1.82) is 0 Å². The van der Waals surface area contributed by atoms with Crippen molar-refractivity contribution in [3.8, 4) is 0 Å². The zero-order valence-electron chi connectivity index (χ0n) is 7.24. The van der Waals surface area contributed by atoms with Crippen LogP contribution >= 0.6 is 23.2 Å². The van der Waals surface area contributed by atoms with Gasteiger partial charge in [0, 0.05) is 17.0 Å². The fraction of sp³-hybridized carbons (Fsp3) is 0.333. The summed E-state index contributed by atoms with van der Waals surface area (Å²) in [6.45, 7) is 0. The van der Waals surface area contributed by atoms with E-state index in [1.165, 1.54) is 12.8 Å². The lowest BCUT2D eigenvalue weighted by atomic mass is 10.4. The van der Waals surface area contributed by atoms with Crippen LogP contribution < -0.4 is 0 Å². The Balaban J connectivity index is 2.26. The lowest BCUT2D eigenvalue weighted by Gasteiger charge is -1.94. The Kier molecular flexibility index (Phi) is 1.73. The molecular weight excluding hydrogens is 221 g/mol. The monoisotopic (exact) mass is 227 g/mol. The highest BCUT2D eigenvalue weighted by Crippen LogP contribution is 2.38. The van der Waals surface area contributed by atoms with E-state index in [4.69, 9.17) is 23.2 Å². The molecule has 0 aliphatic heterocycles. The Labute approximate surface area is 90.7 Å². The van der Waals surface area contributed by atoms with Crippen LogP contribution in [0, 0.1) is 0 Å². The van der Waals surface area contributed by atoms with E-state index in [2.05, 4.69) is 10.1 Å². The number of hydrogen-bond donors (Lipinski definition) is 0. The first-order valence-corrected chi connectivity index (χ1v) is 5.21. The molecule has 1 saturated carbocycles. The normalized spacial score (nSPS) is 16.4. The van der Waals surface area contributed by atoms with Crippen LogP contribution in [0.1, 0.15) is 24.6 Å². The van der Waals surface area contributed by atoms with Gasteiger partial charge in [-0.1, -0.05) is 23.2 Å². The van der Waals surface area contributed by atoms with Crippen LogP contribution in [0.3, 0.4) is 0 Å². The highest BCUT2D eigenvalue weighted by molar-refractivity contribution is 6.34. The average molecular weight is 228 g/mol. The maximum absolute atomic E-state index is 5.98. The maximum atomic E-state index is 5.98. The minimum absolute atomic E-state index is 0.506. The van der Waals surface area contributed by atoms with Crippen LogP contribution in [-0.2, 0) is 0 Å². The van der Waals surface area contributed by atoms with Gasteiger partial charge >= 0.3 is 0 Å². The summed E-state index contributed by atoms with van der Waals surface area (Å²) in [5.74, 6) is 1.42. The fourth-order valence-electron chi connectivity index (χ4n) is 1.45. The van der Waals surface area contributed by atoms with E-state index in [1.807, 2.05) is 0 Å². The van der Waals surface area contributed by atoms with Gasteiger partial charge in [0.1, 0.15) is 5.15 Å². The summed E-state index contributed by atoms with van der Waals surface area (Å²) < 4.78 is 1.63. The minimum Gasteiger partial charge on any atom is -0.212 e. The van der Waals surface area contributed by atoms with Gasteiger partial charge in [-0.2, -0.15) is 0 Å². The first-order valence-electron chi connectivity index (χ1n) is 4.46. The van der Waals surface area contributed by atoms with Crippen molar-refractivity contribution in [3.05, 3.63) is 28.1 Å².